The summed E-state index contributed by atoms with van der Waals surface area (Å²) in [6.45, 7) is 0. The Morgan fingerprint density at radius 3 is 2.78 bits per heavy atom. The van der Waals surface area contributed by atoms with Crippen molar-refractivity contribution < 1.29 is 0 Å². The van der Waals surface area contributed by atoms with Gasteiger partial charge in [0, 0.05) is 6.04 Å². The Morgan fingerprint density at radius 1 is 1.33 bits per heavy atom. The van der Waals surface area contributed by atoms with Crippen LogP contribution >= 0.6 is 0 Å². The van der Waals surface area contributed by atoms with Crippen LogP contribution in [-0.4, -0.2) is 17.0 Å². The number of fused-ring (bicyclic) bond motifs is 1. The van der Waals surface area contributed by atoms with Crippen molar-refractivity contribution >= 4 is 11.0 Å². The minimum atomic E-state index is -0.137. The number of imidazole rings is 1. The van der Waals surface area contributed by atoms with Crippen molar-refractivity contribution in [3.05, 3.63) is 34.2 Å². The summed E-state index contributed by atoms with van der Waals surface area (Å²) in [6, 6.07) is 6.55. The number of H-pyrrole nitrogens is 2. The Morgan fingerprint density at radius 2 is 2.11 bits per heavy atom. The highest BCUT2D eigenvalue weighted by Crippen LogP contribution is 2.34. The molecule has 3 N–H and O–H groups in total. The lowest BCUT2D eigenvalue weighted by molar-refractivity contribution is 0.266. The molecule has 0 amide bonds. The van der Waals surface area contributed by atoms with E-state index in [0.29, 0.717) is 6.04 Å². The van der Waals surface area contributed by atoms with Gasteiger partial charge in [-0.3, -0.25) is 0 Å². The van der Waals surface area contributed by atoms with Gasteiger partial charge in [0.1, 0.15) is 0 Å². The lowest BCUT2D eigenvalue weighted by Gasteiger charge is -2.29. The van der Waals surface area contributed by atoms with Gasteiger partial charge in [-0.25, -0.2) is 4.79 Å². The lowest BCUT2D eigenvalue weighted by Crippen LogP contribution is -2.23. The van der Waals surface area contributed by atoms with Gasteiger partial charge in [0.25, 0.3) is 0 Å². The van der Waals surface area contributed by atoms with E-state index in [0.717, 1.165) is 17.0 Å². The minimum absolute atomic E-state index is 0.137. The first-order valence-electron chi connectivity index (χ1n) is 6.65. The third-order valence-electron chi connectivity index (χ3n) is 4.08. The average molecular weight is 245 g/mol. The van der Waals surface area contributed by atoms with Gasteiger partial charge >= 0.3 is 5.69 Å². The quantitative estimate of drug-likeness (QED) is 0.774. The number of aromatic amines is 2. The fraction of sp³-hybridized carbons (Fsp3) is 0.500. The fourth-order valence-corrected chi connectivity index (χ4v) is 2.75. The van der Waals surface area contributed by atoms with E-state index in [1.807, 2.05) is 13.1 Å². The average Bonchev–Trinajstić information content (AvgIpc) is 2.67. The molecule has 1 aromatic heterocycles. The summed E-state index contributed by atoms with van der Waals surface area (Å²) in [7, 11) is 2.01. The van der Waals surface area contributed by atoms with E-state index in [-0.39, 0.29) is 5.69 Å². The molecule has 96 valence electrons. The van der Waals surface area contributed by atoms with Gasteiger partial charge in [-0.05, 0) is 37.1 Å². The van der Waals surface area contributed by atoms with Crippen molar-refractivity contribution in [1.29, 1.82) is 0 Å². The molecule has 1 fully saturated rings. The van der Waals surface area contributed by atoms with Crippen LogP contribution in [0, 0.1) is 5.92 Å². The summed E-state index contributed by atoms with van der Waals surface area (Å²) >= 11 is 0. The maximum Gasteiger partial charge on any atom is 0.323 e. The van der Waals surface area contributed by atoms with E-state index in [1.54, 1.807) is 0 Å². The molecule has 1 aromatic carbocycles. The van der Waals surface area contributed by atoms with E-state index < -0.39 is 0 Å². The Bertz CT molecular complexity index is 594. The van der Waals surface area contributed by atoms with E-state index in [9.17, 15) is 4.79 Å². The van der Waals surface area contributed by atoms with Crippen molar-refractivity contribution in [3.8, 4) is 0 Å². The molecule has 1 saturated carbocycles. The predicted octanol–water partition coefficient (Wildman–Crippen LogP) is 2.31. The largest absolute Gasteiger partial charge is 0.323 e. The molecule has 0 spiro atoms. The summed E-state index contributed by atoms with van der Waals surface area (Å²) in [5, 5.41) is 3.39. The Balaban J connectivity index is 1.88. The first-order chi connectivity index (χ1) is 8.76. The first-order valence-corrected chi connectivity index (χ1v) is 6.65. The third kappa shape index (κ3) is 2.08. The molecule has 3 rings (SSSR count). The highest BCUT2D eigenvalue weighted by molar-refractivity contribution is 5.75. The summed E-state index contributed by atoms with van der Waals surface area (Å²) in [4.78, 5) is 16.8. The van der Waals surface area contributed by atoms with Gasteiger partial charge in [-0.1, -0.05) is 25.3 Å². The van der Waals surface area contributed by atoms with Crippen LogP contribution in [0.3, 0.4) is 0 Å². The minimum Gasteiger partial charge on any atom is -0.313 e. The molecular formula is C14H19N3O. The molecule has 0 saturated heterocycles. The number of nitrogens with one attached hydrogen (secondary N) is 3. The zero-order chi connectivity index (χ0) is 12.5. The van der Waals surface area contributed by atoms with Crippen LogP contribution in [0.1, 0.15) is 37.3 Å². The predicted molar refractivity (Wildman–Crippen MR) is 72.7 cm³/mol. The SMILES string of the molecule is CNC(CC1CCC1)c1ccc2[nH]c(=O)[nH]c2c1. The molecule has 1 atom stereocenters. The molecule has 1 aliphatic rings. The van der Waals surface area contributed by atoms with Crippen molar-refractivity contribution in [2.45, 2.75) is 31.7 Å². The van der Waals surface area contributed by atoms with Crippen LogP contribution in [-0.2, 0) is 0 Å². The second-order valence-electron chi connectivity index (χ2n) is 5.26. The van der Waals surface area contributed by atoms with E-state index in [2.05, 4.69) is 27.4 Å². The molecule has 0 bridgehead atoms. The smallest absolute Gasteiger partial charge is 0.313 e. The zero-order valence-electron chi connectivity index (χ0n) is 10.6. The summed E-state index contributed by atoms with van der Waals surface area (Å²) in [5.41, 5.74) is 2.89. The topological polar surface area (TPSA) is 60.7 Å². The maximum atomic E-state index is 11.2. The highest BCUT2D eigenvalue weighted by atomic mass is 16.1. The van der Waals surface area contributed by atoms with Gasteiger partial charge in [0.2, 0.25) is 0 Å². The Hall–Kier alpha value is -1.55. The summed E-state index contributed by atoms with van der Waals surface area (Å²) in [5.74, 6) is 0.864. The lowest BCUT2D eigenvalue weighted by atomic mass is 9.79. The van der Waals surface area contributed by atoms with E-state index in [4.69, 9.17) is 0 Å². The van der Waals surface area contributed by atoms with Crippen LogP contribution in [0.2, 0.25) is 0 Å². The van der Waals surface area contributed by atoms with Crippen molar-refractivity contribution in [2.24, 2.45) is 5.92 Å². The van der Waals surface area contributed by atoms with Gasteiger partial charge < -0.3 is 15.3 Å². The molecule has 1 aliphatic carbocycles. The van der Waals surface area contributed by atoms with Gasteiger partial charge in [-0.2, -0.15) is 0 Å². The summed E-state index contributed by atoms with van der Waals surface area (Å²) < 4.78 is 0. The van der Waals surface area contributed by atoms with Crippen LogP contribution in [0.5, 0.6) is 0 Å². The van der Waals surface area contributed by atoms with Crippen LogP contribution in [0.15, 0.2) is 23.0 Å². The second kappa shape index (κ2) is 4.61. The molecule has 1 unspecified atom stereocenters. The van der Waals surface area contributed by atoms with Crippen molar-refractivity contribution in [2.75, 3.05) is 7.05 Å². The van der Waals surface area contributed by atoms with Crippen LogP contribution in [0.25, 0.3) is 11.0 Å². The number of hydrogen-bond donors (Lipinski definition) is 3. The Kier molecular flexibility index (Phi) is 2.96. The first kappa shape index (κ1) is 11.5. The van der Waals surface area contributed by atoms with Gasteiger partial charge in [0.05, 0.1) is 11.0 Å². The number of aromatic nitrogens is 2. The molecule has 0 aliphatic heterocycles. The normalized spacial score (nSPS) is 17.8. The van der Waals surface area contributed by atoms with Crippen molar-refractivity contribution in [3.63, 3.8) is 0 Å². The second-order valence-corrected chi connectivity index (χ2v) is 5.26. The number of rotatable bonds is 4. The van der Waals surface area contributed by atoms with Crippen LogP contribution in [0.4, 0.5) is 0 Å². The van der Waals surface area contributed by atoms with Gasteiger partial charge in [-0.15, -0.1) is 0 Å². The van der Waals surface area contributed by atoms with Crippen LogP contribution < -0.4 is 11.0 Å². The molecular weight excluding hydrogens is 226 g/mol. The standard InChI is InChI=1S/C14H19N3O/c1-15-12(7-9-3-2-4-9)10-5-6-11-13(8-10)17-14(18)16-11/h5-6,8-9,12,15H,2-4,7H2,1H3,(H2,16,17,18). The monoisotopic (exact) mass is 245 g/mol. The fourth-order valence-electron chi connectivity index (χ4n) is 2.75. The molecule has 0 radical (unpaired) electrons. The number of hydrogen-bond acceptors (Lipinski definition) is 2. The molecule has 18 heavy (non-hydrogen) atoms. The molecule has 4 heteroatoms. The summed E-state index contributed by atoms with van der Waals surface area (Å²) in [6.07, 6.45) is 5.30. The highest BCUT2D eigenvalue weighted by Gasteiger charge is 2.22. The molecule has 4 nitrogen and oxygen atoms in total. The van der Waals surface area contributed by atoms with E-state index in [1.165, 1.54) is 31.2 Å². The zero-order valence-corrected chi connectivity index (χ0v) is 10.6. The van der Waals surface area contributed by atoms with E-state index >= 15 is 0 Å². The number of benzene rings is 1. The third-order valence-corrected chi connectivity index (χ3v) is 4.08. The molecule has 1 heterocycles. The van der Waals surface area contributed by atoms with Gasteiger partial charge in [0.15, 0.2) is 0 Å². The molecule has 2 aromatic rings. The maximum absolute atomic E-state index is 11.2. The van der Waals surface area contributed by atoms with Crippen molar-refractivity contribution in [1.82, 2.24) is 15.3 Å². The Labute approximate surface area is 106 Å².